The van der Waals surface area contributed by atoms with E-state index in [1.807, 2.05) is 18.5 Å². The molecule has 1 atom stereocenters. The molecule has 4 nitrogen and oxygen atoms in total. The minimum absolute atomic E-state index is 0.518. The monoisotopic (exact) mass is 282 g/mol. The number of benzene rings is 1. The van der Waals surface area contributed by atoms with E-state index in [-0.39, 0.29) is 0 Å². The van der Waals surface area contributed by atoms with Crippen LogP contribution in [-0.2, 0) is 6.42 Å². The Labute approximate surface area is 126 Å². The Morgan fingerprint density at radius 2 is 2.05 bits per heavy atom. The standard InChI is InChI=1S/C17H22N4/c1-2-5-14(6-3-1)8-10-19-17-13-20-16(12-21-17)15-7-4-9-18-11-15/h1-3,5-6,12-13,15,18H,4,7-11H2,(H,19,21)/t15-/m0/s1. The molecule has 1 saturated heterocycles. The Bertz CT molecular complexity index is 532. The molecular formula is C17H22N4. The number of rotatable bonds is 5. The third-order valence-electron chi connectivity index (χ3n) is 3.95. The summed E-state index contributed by atoms with van der Waals surface area (Å²) in [5, 5.41) is 6.75. The molecule has 21 heavy (non-hydrogen) atoms. The summed E-state index contributed by atoms with van der Waals surface area (Å²) in [6, 6.07) is 10.5. The first-order valence-electron chi connectivity index (χ1n) is 7.72. The van der Waals surface area contributed by atoms with Gasteiger partial charge in [-0.05, 0) is 31.4 Å². The van der Waals surface area contributed by atoms with Gasteiger partial charge < -0.3 is 10.6 Å². The minimum atomic E-state index is 0.518. The number of anilines is 1. The minimum Gasteiger partial charge on any atom is -0.368 e. The molecule has 1 aromatic carbocycles. The molecule has 0 bridgehead atoms. The summed E-state index contributed by atoms with van der Waals surface area (Å²) in [7, 11) is 0. The highest BCUT2D eigenvalue weighted by molar-refractivity contribution is 5.32. The summed E-state index contributed by atoms with van der Waals surface area (Å²) in [5.41, 5.74) is 2.44. The lowest BCUT2D eigenvalue weighted by atomic mass is 9.97. The van der Waals surface area contributed by atoms with Crippen LogP contribution in [0.25, 0.3) is 0 Å². The third-order valence-corrected chi connectivity index (χ3v) is 3.95. The Balaban J connectivity index is 1.50. The van der Waals surface area contributed by atoms with E-state index in [1.165, 1.54) is 18.4 Å². The molecule has 1 aromatic heterocycles. The van der Waals surface area contributed by atoms with Crippen molar-refractivity contribution in [3.8, 4) is 0 Å². The largest absolute Gasteiger partial charge is 0.368 e. The van der Waals surface area contributed by atoms with Crippen molar-refractivity contribution in [2.24, 2.45) is 0 Å². The average molecular weight is 282 g/mol. The van der Waals surface area contributed by atoms with Crippen molar-refractivity contribution in [1.29, 1.82) is 0 Å². The van der Waals surface area contributed by atoms with E-state index in [4.69, 9.17) is 0 Å². The van der Waals surface area contributed by atoms with Crippen molar-refractivity contribution < 1.29 is 0 Å². The molecule has 0 saturated carbocycles. The van der Waals surface area contributed by atoms with Crippen LogP contribution in [0, 0.1) is 0 Å². The van der Waals surface area contributed by atoms with Crippen LogP contribution in [0.3, 0.4) is 0 Å². The summed E-state index contributed by atoms with van der Waals surface area (Å²) in [4.78, 5) is 9.05. The van der Waals surface area contributed by atoms with Gasteiger partial charge in [0, 0.05) is 19.0 Å². The van der Waals surface area contributed by atoms with E-state index < -0.39 is 0 Å². The lowest BCUT2D eigenvalue weighted by molar-refractivity contribution is 0.454. The van der Waals surface area contributed by atoms with Gasteiger partial charge in [0.1, 0.15) is 5.82 Å². The lowest BCUT2D eigenvalue weighted by Gasteiger charge is -2.21. The number of nitrogens with zero attached hydrogens (tertiary/aromatic N) is 2. The predicted octanol–water partition coefficient (Wildman–Crippen LogP) is 2.60. The fourth-order valence-electron chi connectivity index (χ4n) is 2.72. The van der Waals surface area contributed by atoms with Gasteiger partial charge in [-0.25, -0.2) is 4.98 Å². The molecule has 2 aromatic rings. The van der Waals surface area contributed by atoms with Gasteiger partial charge in [-0.3, -0.25) is 4.98 Å². The number of hydrogen-bond donors (Lipinski definition) is 2. The number of aromatic nitrogens is 2. The first-order chi connectivity index (χ1) is 10.4. The molecule has 0 aliphatic carbocycles. The number of hydrogen-bond acceptors (Lipinski definition) is 4. The van der Waals surface area contributed by atoms with Crippen LogP contribution in [0.2, 0.25) is 0 Å². The van der Waals surface area contributed by atoms with Gasteiger partial charge in [0.15, 0.2) is 0 Å². The molecule has 0 spiro atoms. The quantitative estimate of drug-likeness (QED) is 0.885. The van der Waals surface area contributed by atoms with Crippen molar-refractivity contribution in [2.45, 2.75) is 25.2 Å². The fourth-order valence-corrected chi connectivity index (χ4v) is 2.72. The molecule has 0 radical (unpaired) electrons. The zero-order chi connectivity index (χ0) is 14.3. The first-order valence-corrected chi connectivity index (χ1v) is 7.72. The second-order valence-electron chi connectivity index (χ2n) is 5.53. The maximum atomic E-state index is 4.56. The van der Waals surface area contributed by atoms with Crippen molar-refractivity contribution in [3.63, 3.8) is 0 Å². The highest BCUT2D eigenvalue weighted by Crippen LogP contribution is 2.20. The summed E-state index contributed by atoms with van der Waals surface area (Å²) in [5.74, 6) is 1.38. The van der Waals surface area contributed by atoms with Crippen LogP contribution >= 0.6 is 0 Å². The molecule has 1 aliphatic heterocycles. The summed E-state index contributed by atoms with van der Waals surface area (Å²) >= 11 is 0. The van der Waals surface area contributed by atoms with Crippen molar-refractivity contribution in [1.82, 2.24) is 15.3 Å². The van der Waals surface area contributed by atoms with Crippen LogP contribution in [0.4, 0.5) is 5.82 Å². The maximum Gasteiger partial charge on any atom is 0.144 e. The normalized spacial score (nSPS) is 18.4. The molecule has 0 unspecified atom stereocenters. The topological polar surface area (TPSA) is 49.8 Å². The van der Waals surface area contributed by atoms with E-state index >= 15 is 0 Å². The molecule has 0 amide bonds. The predicted molar refractivity (Wildman–Crippen MR) is 85.5 cm³/mol. The lowest BCUT2D eigenvalue weighted by Crippen LogP contribution is -2.28. The molecule has 4 heteroatoms. The maximum absolute atomic E-state index is 4.56. The molecule has 3 rings (SSSR count). The Morgan fingerprint density at radius 3 is 2.76 bits per heavy atom. The van der Waals surface area contributed by atoms with Crippen LogP contribution in [0.1, 0.15) is 30.0 Å². The van der Waals surface area contributed by atoms with Crippen LogP contribution < -0.4 is 10.6 Å². The summed E-state index contributed by atoms with van der Waals surface area (Å²) in [6.45, 7) is 3.03. The summed E-state index contributed by atoms with van der Waals surface area (Å²) < 4.78 is 0. The van der Waals surface area contributed by atoms with Crippen molar-refractivity contribution in [3.05, 3.63) is 54.0 Å². The number of nitrogens with one attached hydrogen (secondary N) is 2. The van der Waals surface area contributed by atoms with Gasteiger partial charge in [-0.2, -0.15) is 0 Å². The van der Waals surface area contributed by atoms with Crippen LogP contribution in [0.15, 0.2) is 42.7 Å². The zero-order valence-electron chi connectivity index (χ0n) is 12.3. The van der Waals surface area contributed by atoms with E-state index in [2.05, 4.69) is 44.9 Å². The van der Waals surface area contributed by atoms with Gasteiger partial charge in [0.05, 0.1) is 18.1 Å². The zero-order valence-corrected chi connectivity index (χ0v) is 12.3. The van der Waals surface area contributed by atoms with Crippen LogP contribution in [0.5, 0.6) is 0 Å². The Kier molecular flexibility index (Phi) is 4.79. The van der Waals surface area contributed by atoms with Gasteiger partial charge in [-0.1, -0.05) is 30.3 Å². The molecule has 1 aliphatic rings. The fraction of sp³-hybridized carbons (Fsp3) is 0.412. The molecular weight excluding hydrogens is 260 g/mol. The van der Waals surface area contributed by atoms with Gasteiger partial charge in [-0.15, -0.1) is 0 Å². The summed E-state index contributed by atoms with van der Waals surface area (Å²) in [6.07, 6.45) is 7.21. The second kappa shape index (κ2) is 7.18. The van der Waals surface area contributed by atoms with Crippen molar-refractivity contribution in [2.75, 3.05) is 25.0 Å². The molecule has 2 heterocycles. The third kappa shape index (κ3) is 4.02. The molecule has 110 valence electrons. The highest BCUT2D eigenvalue weighted by atomic mass is 15.0. The van der Waals surface area contributed by atoms with Crippen LogP contribution in [-0.4, -0.2) is 29.6 Å². The SMILES string of the molecule is c1ccc(CCNc2cnc([C@H]3CCCNC3)cn2)cc1. The van der Waals surface area contributed by atoms with E-state index in [9.17, 15) is 0 Å². The van der Waals surface area contributed by atoms with E-state index in [0.717, 1.165) is 37.6 Å². The Morgan fingerprint density at radius 1 is 1.14 bits per heavy atom. The van der Waals surface area contributed by atoms with Gasteiger partial charge >= 0.3 is 0 Å². The van der Waals surface area contributed by atoms with E-state index in [1.54, 1.807) is 0 Å². The molecule has 2 N–H and O–H groups in total. The van der Waals surface area contributed by atoms with E-state index in [0.29, 0.717) is 5.92 Å². The average Bonchev–Trinajstić information content (AvgIpc) is 2.57. The first kappa shape index (κ1) is 14.0. The van der Waals surface area contributed by atoms with Gasteiger partial charge in [0.25, 0.3) is 0 Å². The molecule has 1 fully saturated rings. The van der Waals surface area contributed by atoms with Gasteiger partial charge in [0.2, 0.25) is 0 Å². The Hall–Kier alpha value is -1.94. The highest BCUT2D eigenvalue weighted by Gasteiger charge is 2.16. The van der Waals surface area contributed by atoms with Crippen molar-refractivity contribution >= 4 is 5.82 Å². The smallest absolute Gasteiger partial charge is 0.144 e. The number of piperidine rings is 1. The second-order valence-corrected chi connectivity index (χ2v) is 5.53.